The zero-order chi connectivity index (χ0) is 25.3. The Morgan fingerprint density at radius 3 is 1.97 bits per heavy atom. The van der Waals surface area contributed by atoms with Crippen molar-refractivity contribution < 1.29 is 22.7 Å². The van der Waals surface area contributed by atoms with Gasteiger partial charge in [0.25, 0.3) is 0 Å². The maximum absolute atomic E-state index is 13.3. The second-order valence-electron chi connectivity index (χ2n) is 10.7. The van der Waals surface area contributed by atoms with E-state index in [-0.39, 0.29) is 17.9 Å². The molecule has 190 valence electrons. The fourth-order valence-electron chi connectivity index (χ4n) is 5.02. The summed E-state index contributed by atoms with van der Waals surface area (Å²) in [6.45, 7) is 13.0. The van der Waals surface area contributed by atoms with Gasteiger partial charge in [-0.3, -0.25) is 4.79 Å². The average molecular weight is 494 g/mol. The zero-order valence-corrected chi connectivity index (χ0v) is 22.1. The summed E-state index contributed by atoms with van der Waals surface area (Å²) in [6, 6.07) is 3.79. The van der Waals surface area contributed by atoms with E-state index in [1.807, 2.05) is 58.6 Å². The summed E-state index contributed by atoms with van der Waals surface area (Å²) in [7, 11) is -3.59. The van der Waals surface area contributed by atoms with Crippen LogP contribution in [0.15, 0.2) is 17.0 Å². The van der Waals surface area contributed by atoms with Gasteiger partial charge in [-0.15, -0.1) is 0 Å². The number of likely N-dealkylation sites (tertiary alicyclic amines) is 1. The molecule has 1 aromatic carbocycles. The van der Waals surface area contributed by atoms with Crippen molar-refractivity contribution in [1.82, 2.24) is 14.5 Å². The number of nitrogens with one attached hydrogen (secondary N) is 1. The summed E-state index contributed by atoms with van der Waals surface area (Å²) in [4.78, 5) is 27.3. The molecule has 34 heavy (non-hydrogen) atoms. The summed E-state index contributed by atoms with van der Waals surface area (Å²) >= 11 is 0. The zero-order valence-electron chi connectivity index (χ0n) is 21.3. The van der Waals surface area contributed by atoms with Crippen LogP contribution in [0.5, 0.6) is 0 Å². The predicted octanol–water partition coefficient (Wildman–Crippen LogP) is 3.53. The average Bonchev–Trinajstić information content (AvgIpc) is 2.71. The second kappa shape index (κ2) is 10.2. The van der Waals surface area contributed by atoms with Gasteiger partial charge in [0, 0.05) is 38.1 Å². The minimum Gasteiger partial charge on any atom is -0.444 e. The number of sulfonamides is 1. The van der Waals surface area contributed by atoms with Gasteiger partial charge in [0.2, 0.25) is 15.9 Å². The number of hydrogen-bond acceptors (Lipinski definition) is 5. The van der Waals surface area contributed by atoms with E-state index in [1.165, 1.54) is 4.31 Å². The molecule has 3 rings (SSSR count). The van der Waals surface area contributed by atoms with Gasteiger partial charge in [-0.05, 0) is 78.4 Å². The quantitative estimate of drug-likeness (QED) is 0.692. The third-order valence-electron chi connectivity index (χ3n) is 6.53. The first-order chi connectivity index (χ1) is 15.8. The van der Waals surface area contributed by atoms with Crippen molar-refractivity contribution in [3.05, 3.63) is 28.8 Å². The lowest BCUT2D eigenvalue weighted by Crippen LogP contribution is -2.50. The maximum atomic E-state index is 13.3. The molecule has 0 aromatic heterocycles. The van der Waals surface area contributed by atoms with E-state index in [9.17, 15) is 18.0 Å². The normalized spacial score (nSPS) is 19.2. The number of nitrogens with zero attached hydrogens (tertiary/aromatic N) is 2. The van der Waals surface area contributed by atoms with Crippen LogP contribution in [0.4, 0.5) is 4.79 Å². The lowest BCUT2D eigenvalue weighted by atomic mass is 9.95. The number of piperidine rings is 2. The predicted molar refractivity (Wildman–Crippen MR) is 131 cm³/mol. The lowest BCUT2D eigenvalue weighted by molar-refractivity contribution is -0.137. The first-order valence-electron chi connectivity index (χ1n) is 12.1. The Bertz CT molecular complexity index is 992. The summed E-state index contributed by atoms with van der Waals surface area (Å²) in [5.74, 6) is -0.0718. The van der Waals surface area contributed by atoms with Crippen LogP contribution < -0.4 is 5.32 Å². The molecule has 0 aliphatic carbocycles. The lowest BCUT2D eigenvalue weighted by Gasteiger charge is -2.37. The molecule has 2 saturated heterocycles. The number of rotatable bonds is 4. The van der Waals surface area contributed by atoms with Crippen molar-refractivity contribution in [1.29, 1.82) is 0 Å². The van der Waals surface area contributed by atoms with Gasteiger partial charge in [-0.2, -0.15) is 4.31 Å². The number of hydrogen-bond donors (Lipinski definition) is 1. The Labute approximate surface area is 204 Å². The van der Waals surface area contributed by atoms with Crippen LogP contribution in [0.25, 0.3) is 0 Å². The smallest absolute Gasteiger partial charge is 0.407 e. The van der Waals surface area contributed by atoms with Crippen molar-refractivity contribution in [3.8, 4) is 0 Å². The van der Waals surface area contributed by atoms with Crippen LogP contribution in [0, 0.1) is 26.7 Å². The minimum absolute atomic E-state index is 0.00752. The molecule has 2 fully saturated rings. The SMILES string of the molecule is Cc1cc(C)c(S(=O)(=O)N2CCC(C(=O)N3CCC(NC(=O)OC(C)(C)C)CC3)CC2)c(C)c1. The van der Waals surface area contributed by atoms with Crippen LogP contribution in [-0.4, -0.2) is 67.4 Å². The summed E-state index contributed by atoms with van der Waals surface area (Å²) in [5, 5.41) is 2.89. The number of alkyl carbamates (subject to hydrolysis) is 1. The van der Waals surface area contributed by atoms with E-state index >= 15 is 0 Å². The van der Waals surface area contributed by atoms with Crippen molar-refractivity contribution in [3.63, 3.8) is 0 Å². The van der Waals surface area contributed by atoms with Crippen LogP contribution in [-0.2, 0) is 19.6 Å². The van der Waals surface area contributed by atoms with Gasteiger partial charge < -0.3 is 15.0 Å². The Hall–Kier alpha value is -2.13. The van der Waals surface area contributed by atoms with Crippen LogP contribution in [0.2, 0.25) is 0 Å². The first kappa shape index (κ1) is 26.5. The van der Waals surface area contributed by atoms with Gasteiger partial charge in [0.15, 0.2) is 0 Å². The van der Waals surface area contributed by atoms with Crippen LogP contribution in [0.1, 0.15) is 63.1 Å². The standard InChI is InChI=1S/C25H39N3O5S/c1-17-15-18(2)22(19(3)16-17)34(31,32)28-13-7-20(8-14-28)23(29)27-11-9-21(10-12-27)26-24(30)33-25(4,5)6/h15-16,20-21H,7-14H2,1-6H3,(H,26,30). The number of carbonyl (C=O) groups excluding carboxylic acids is 2. The summed E-state index contributed by atoms with van der Waals surface area (Å²) in [5.41, 5.74) is 2.03. The Balaban J connectivity index is 1.52. The Kier molecular flexibility index (Phi) is 7.97. The molecule has 8 nitrogen and oxygen atoms in total. The molecule has 9 heteroatoms. The second-order valence-corrected chi connectivity index (χ2v) is 12.5. The van der Waals surface area contributed by atoms with Crippen molar-refractivity contribution in [2.75, 3.05) is 26.2 Å². The maximum Gasteiger partial charge on any atom is 0.407 e. The van der Waals surface area contributed by atoms with Crippen LogP contribution >= 0.6 is 0 Å². The van der Waals surface area contributed by atoms with Crippen LogP contribution in [0.3, 0.4) is 0 Å². The summed E-state index contributed by atoms with van der Waals surface area (Å²) < 4.78 is 33.5. The third kappa shape index (κ3) is 6.30. The molecule has 0 spiro atoms. The van der Waals surface area contributed by atoms with E-state index in [0.29, 0.717) is 56.8 Å². The summed E-state index contributed by atoms with van der Waals surface area (Å²) in [6.07, 6.45) is 2.00. The Morgan fingerprint density at radius 2 is 1.47 bits per heavy atom. The Morgan fingerprint density at radius 1 is 0.941 bits per heavy atom. The molecule has 2 heterocycles. The molecule has 1 aromatic rings. The molecular weight excluding hydrogens is 454 g/mol. The molecule has 0 bridgehead atoms. The van der Waals surface area contributed by atoms with Gasteiger partial charge >= 0.3 is 6.09 Å². The largest absolute Gasteiger partial charge is 0.444 e. The fourth-order valence-corrected chi connectivity index (χ4v) is 6.90. The van der Waals surface area contributed by atoms with Gasteiger partial charge in [-0.25, -0.2) is 13.2 Å². The number of benzene rings is 1. The molecule has 2 aliphatic heterocycles. The van der Waals surface area contributed by atoms with E-state index in [2.05, 4.69) is 5.32 Å². The molecule has 2 amide bonds. The number of carbonyl (C=O) groups is 2. The third-order valence-corrected chi connectivity index (χ3v) is 8.74. The highest BCUT2D eigenvalue weighted by Gasteiger charge is 2.36. The van der Waals surface area contributed by atoms with Crippen molar-refractivity contribution in [2.24, 2.45) is 5.92 Å². The number of aryl methyl sites for hydroxylation is 3. The molecule has 0 saturated carbocycles. The molecule has 0 unspecified atom stereocenters. The highest BCUT2D eigenvalue weighted by atomic mass is 32.2. The monoisotopic (exact) mass is 493 g/mol. The van der Waals surface area contributed by atoms with Gasteiger partial charge in [-0.1, -0.05) is 17.7 Å². The highest BCUT2D eigenvalue weighted by Crippen LogP contribution is 2.30. The van der Waals surface area contributed by atoms with E-state index < -0.39 is 21.7 Å². The number of ether oxygens (including phenoxy) is 1. The topological polar surface area (TPSA) is 96.0 Å². The van der Waals surface area contributed by atoms with E-state index in [4.69, 9.17) is 4.74 Å². The highest BCUT2D eigenvalue weighted by molar-refractivity contribution is 7.89. The molecule has 1 N–H and O–H groups in total. The number of amides is 2. The molecular formula is C25H39N3O5S. The fraction of sp³-hybridized carbons (Fsp3) is 0.680. The van der Waals surface area contributed by atoms with Gasteiger partial charge in [0.1, 0.15) is 5.60 Å². The van der Waals surface area contributed by atoms with E-state index in [0.717, 1.165) is 16.7 Å². The molecule has 2 aliphatic rings. The first-order valence-corrected chi connectivity index (χ1v) is 13.6. The van der Waals surface area contributed by atoms with Gasteiger partial charge in [0.05, 0.1) is 4.90 Å². The van der Waals surface area contributed by atoms with Crippen molar-refractivity contribution in [2.45, 2.75) is 83.8 Å². The molecule has 0 radical (unpaired) electrons. The minimum atomic E-state index is -3.59. The van der Waals surface area contributed by atoms with E-state index in [1.54, 1.807) is 0 Å². The van der Waals surface area contributed by atoms with Crippen molar-refractivity contribution >= 4 is 22.0 Å². The molecule has 0 atom stereocenters.